The van der Waals surface area contributed by atoms with Gasteiger partial charge in [-0.05, 0) is 55.8 Å². The van der Waals surface area contributed by atoms with Crippen molar-refractivity contribution in [1.82, 2.24) is 9.55 Å². The Labute approximate surface area is 199 Å². The largest absolute Gasteiger partial charge is 0.495 e. The lowest BCUT2D eigenvalue weighted by molar-refractivity contribution is 0.0969. The van der Waals surface area contributed by atoms with E-state index >= 15 is 0 Å². The Balaban J connectivity index is 1.60. The summed E-state index contributed by atoms with van der Waals surface area (Å²) in [7, 11) is 1.52. The fourth-order valence-corrected chi connectivity index (χ4v) is 4.60. The molecule has 0 bridgehead atoms. The number of aryl methyl sites for hydroxylation is 1. The molecule has 0 aliphatic rings. The number of ketones is 1. The topological polar surface area (TPSA) is 99.5 Å². The number of para-hydroxylation sites is 2. The summed E-state index contributed by atoms with van der Waals surface area (Å²) in [6.07, 6.45) is 1.34. The second-order valence-electron chi connectivity index (χ2n) is 7.45. The van der Waals surface area contributed by atoms with Crippen molar-refractivity contribution in [1.29, 1.82) is 0 Å². The van der Waals surface area contributed by atoms with Crippen LogP contribution in [-0.2, 0) is 6.54 Å². The van der Waals surface area contributed by atoms with Crippen molar-refractivity contribution in [2.45, 2.75) is 20.4 Å². The smallest absolute Gasteiger partial charge is 0.266 e. The Morgan fingerprint density at radius 1 is 1.12 bits per heavy atom. The highest BCUT2D eigenvalue weighted by Crippen LogP contribution is 2.29. The zero-order chi connectivity index (χ0) is 24.2. The molecule has 1 amide bonds. The van der Waals surface area contributed by atoms with Crippen LogP contribution in [0.25, 0.3) is 10.2 Å². The molecular weight excluding hydrogens is 454 g/mol. The minimum atomic E-state index is -0.366. The lowest BCUT2D eigenvalue weighted by Gasteiger charge is -2.09. The van der Waals surface area contributed by atoms with E-state index in [2.05, 4.69) is 10.3 Å². The molecule has 0 radical (unpaired) electrons. The lowest BCUT2D eigenvalue weighted by Crippen LogP contribution is -2.24. The second kappa shape index (κ2) is 9.88. The summed E-state index contributed by atoms with van der Waals surface area (Å²) in [5, 5.41) is 3.16. The number of ether oxygens (including phenoxy) is 2. The van der Waals surface area contributed by atoms with Crippen molar-refractivity contribution in [2.24, 2.45) is 0 Å². The minimum absolute atomic E-state index is 0.159. The van der Waals surface area contributed by atoms with Gasteiger partial charge in [-0.1, -0.05) is 12.1 Å². The number of hydrogen-bond acceptors (Lipinski definition) is 7. The van der Waals surface area contributed by atoms with Crippen molar-refractivity contribution in [3.05, 3.63) is 81.2 Å². The molecule has 4 rings (SSSR count). The molecule has 2 aromatic carbocycles. The van der Waals surface area contributed by atoms with Crippen molar-refractivity contribution >= 4 is 38.9 Å². The zero-order valence-corrected chi connectivity index (χ0v) is 19.8. The number of amides is 1. The van der Waals surface area contributed by atoms with Crippen molar-refractivity contribution in [2.75, 3.05) is 19.0 Å². The van der Waals surface area contributed by atoms with Gasteiger partial charge in [0.1, 0.15) is 16.3 Å². The number of nitrogens with one attached hydrogen (secondary N) is 1. The summed E-state index contributed by atoms with van der Waals surface area (Å²) >= 11 is 1.13. The number of methoxy groups -OCH3 is 1. The maximum Gasteiger partial charge on any atom is 0.266 e. The van der Waals surface area contributed by atoms with Crippen LogP contribution in [0.15, 0.2) is 59.7 Å². The van der Waals surface area contributed by atoms with Gasteiger partial charge in [0.05, 0.1) is 42.5 Å². The third-order valence-electron chi connectivity index (χ3n) is 5.28. The van der Waals surface area contributed by atoms with E-state index in [4.69, 9.17) is 9.47 Å². The summed E-state index contributed by atoms with van der Waals surface area (Å²) in [5.74, 6) is 0.616. The van der Waals surface area contributed by atoms with E-state index in [9.17, 15) is 14.4 Å². The predicted molar refractivity (Wildman–Crippen MR) is 132 cm³/mol. The number of carbonyl (C=O) groups is 2. The number of fused-ring (bicyclic) bond motifs is 1. The molecule has 34 heavy (non-hydrogen) atoms. The van der Waals surface area contributed by atoms with Gasteiger partial charge in [-0.2, -0.15) is 0 Å². The van der Waals surface area contributed by atoms with E-state index in [0.717, 1.165) is 11.3 Å². The molecule has 0 fully saturated rings. The predicted octanol–water partition coefficient (Wildman–Crippen LogP) is 4.31. The van der Waals surface area contributed by atoms with Crippen LogP contribution in [0.4, 0.5) is 5.69 Å². The van der Waals surface area contributed by atoms with E-state index in [0.29, 0.717) is 50.0 Å². The number of anilines is 1. The van der Waals surface area contributed by atoms with Gasteiger partial charge in [0, 0.05) is 5.56 Å². The second-order valence-corrected chi connectivity index (χ2v) is 8.45. The molecule has 8 nitrogen and oxygen atoms in total. The number of nitrogens with zero attached hydrogens (tertiary/aromatic N) is 2. The Hall–Kier alpha value is -3.98. The van der Waals surface area contributed by atoms with E-state index in [1.165, 1.54) is 18.0 Å². The van der Waals surface area contributed by atoms with Crippen molar-refractivity contribution in [3.63, 3.8) is 0 Å². The Morgan fingerprint density at radius 3 is 2.56 bits per heavy atom. The van der Waals surface area contributed by atoms with Gasteiger partial charge < -0.3 is 14.8 Å². The molecule has 0 unspecified atom stereocenters. The van der Waals surface area contributed by atoms with Crippen LogP contribution < -0.4 is 20.3 Å². The first-order valence-electron chi connectivity index (χ1n) is 10.6. The Bertz CT molecular complexity index is 1420. The van der Waals surface area contributed by atoms with Crippen molar-refractivity contribution in [3.8, 4) is 11.5 Å². The average Bonchev–Trinajstić information content (AvgIpc) is 3.19. The fraction of sp³-hybridized carbons (Fsp3) is 0.200. The molecule has 0 saturated carbocycles. The molecule has 2 aromatic heterocycles. The third kappa shape index (κ3) is 4.55. The van der Waals surface area contributed by atoms with E-state index in [-0.39, 0.29) is 23.8 Å². The molecule has 174 valence electrons. The monoisotopic (exact) mass is 477 g/mol. The van der Waals surface area contributed by atoms with Gasteiger partial charge in [0.15, 0.2) is 5.78 Å². The van der Waals surface area contributed by atoms with Gasteiger partial charge in [-0.25, -0.2) is 4.98 Å². The Kier molecular flexibility index (Phi) is 6.74. The van der Waals surface area contributed by atoms with Crippen LogP contribution >= 0.6 is 11.3 Å². The molecule has 9 heteroatoms. The number of aromatic nitrogens is 2. The van der Waals surface area contributed by atoms with Crippen LogP contribution in [0.1, 0.15) is 32.5 Å². The molecule has 1 N–H and O–H groups in total. The normalized spacial score (nSPS) is 10.8. The number of rotatable bonds is 8. The van der Waals surface area contributed by atoms with Crippen LogP contribution in [0.5, 0.6) is 11.5 Å². The summed E-state index contributed by atoms with van der Waals surface area (Å²) in [4.78, 5) is 44.0. The molecule has 0 saturated heterocycles. The summed E-state index contributed by atoms with van der Waals surface area (Å²) < 4.78 is 11.9. The van der Waals surface area contributed by atoms with Gasteiger partial charge in [0.25, 0.3) is 11.5 Å². The van der Waals surface area contributed by atoms with Crippen LogP contribution in [-0.4, -0.2) is 35.0 Å². The molecule has 0 aliphatic heterocycles. The van der Waals surface area contributed by atoms with Crippen LogP contribution in [0, 0.1) is 6.92 Å². The molecule has 0 aliphatic carbocycles. The number of hydrogen-bond donors (Lipinski definition) is 1. The molecule has 0 atom stereocenters. The van der Waals surface area contributed by atoms with Crippen molar-refractivity contribution < 1.29 is 19.1 Å². The first-order valence-corrected chi connectivity index (χ1v) is 11.4. The molecular formula is C25H23N3O5S. The number of benzene rings is 2. The molecule has 0 spiro atoms. The first-order chi connectivity index (χ1) is 16.4. The third-order valence-corrected chi connectivity index (χ3v) is 6.48. The van der Waals surface area contributed by atoms with Gasteiger partial charge in [0.2, 0.25) is 0 Å². The summed E-state index contributed by atoms with van der Waals surface area (Å²) in [6, 6.07) is 13.8. The highest BCUT2D eigenvalue weighted by atomic mass is 32.1. The highest BCUT2D eigenvalue weighted by molar-refractivity contribution is 7.20. The molecule has 4 aromatic rings. The fourth-order valence-electron chi connectivity index (χ4n) is 3.57. The standard InChI is InChI=1S/C25H23N3O5S/c1-4-33-17-11-9-16(10-12-17)19(29)13-28-14-26-24-21(25(28)31)15(2)22(34-24)23(30)27-18-7-5-6-8-20(18)32-3/h5-12,14H,4,13H2,1-3H3,(H,27,30). The first kappa shape index (κ1) is 23.2. The van der Waals surface area contributed by atoms with Crippen LogP contribution in [0.3, 0.4) is 0 Å². The number of Topliss-reactive ketones (excluding diaryl/α,β-unsaturated/α-hetero) is 1. The molecule has 2 heterocycles. The minimum Gasteiger partial charge on any atom is -0.495 e. The van der Waals surface area contributed by atoms with Gasteiger partial charge in [-0.3, -0.25) is 19.0 Å². The average molecular weight is 478 g/mol. The van der Waals surface area contributed by atoms with Gasteiger partial charge >= 0.3 is 0 Å². The SMILES string of the molecule is CCOc1ccc(C(=O)Cn2cnc3sc(C(=O)Nc4ccccc4OC)c(C)c3c2=O)cc1. The van der Waals surface area contributed by atoms with E-state index in [1.54, 1.807) is 55.5 Å². The quantitative estimate of drug-likeness (QED) is 0.380. The summed E-state index contributed by atoms with van der Waals surface area (Å²) in [6.45, 7) is 3.97. The maximum absolute atomic E-state index is 13.2. The van der Waals surface area contributed by atoms with Gasteiger partial charge in [-0.15, -0.1) is 11.3 Å². The van der Waals surface area contributed by atoms with E-state index in [1.807, 2.05) is 6.92 Å². The number of carbonyl (C=O) groups excluding carboxylic acids is 2. The number of thiophene rings is 1. The Morgan fingerprint density at radius 2 is 1.85 bits per heavy atom. The zero-order valence-electron chi connectivity index (χ0n) is 19.0. The van der Waals surface area contributed by atoms with Crippen LogP contribution in [0.2, 0.25) is 0 Å². The summed E-state index contributed by atoms with van der Waals surface area (Å²) in [5.41, 5.74) is 1.15. The maximum atomic E-state index is 13.2. The highest BCUT2D eigenvalue weighted by Gasteiger charge is 2.21. The van der Waals surface area contributed by atoms with E-state index < -0.39 is 0 Å². The lowest BCUT2D eigenvalue weighted by atomic mass is 10.1.